The van der Waals surface area contributed by atoms with E-state index in [2.05, 4.69) is 36.4 Å². The second-order valence-electron chi connectivity index (χ2n) is 7.07. The Morgan fingerprint density at radius 2 is 1.35 bits per heavy atom. The van der Waals surface area contributed by atoms with Crippen molar-refractivity contribution in [3.05, 3.63) is 106 Å². The minimum atomic E-state index is -0.191. The molecule has 3 heteroatoms. The van der Waals surface area contributed by atoms with E-state index < -0.39 is 0 Å². The van der Waals surface area contributed by atoms with Gasteiger partial charge in [0.25, 0.3) is 0 Å². The van der Waals surface area contributed by atoms with E-state index in [-0.39, 0.29) is 11.7 Å². The standard InChI is InChI=1S/C23H21ClFN/c24-21-9-5-17(6-10-21)23(18-7-11-22(25)12-8-18)13-14-26-15-19-3-1-2-4-20(19)16-26/h1-12,23H,13-16H2/p+1/t23-/m0/s1. The van der Waals surface area contributed by atoms with E-state index in [0.29, 0.717) is 0 Å². The van der Waals surface area contributed by atoms with E-state index >= 15 is 0 Å². The zero-order valence-corrected chi connectivity index (χ0v) is 15.3. The largest absolute Gasteiger partial charge is 0.327 e. The van der Waals surface area contributed by atoms with Crippen LogP contribution < -0.4 is 4.90 Å². The first-order chi connectivity index (χ1) is 12.7. The maximum atomic E-state index is 13.4. The van der Waals surface area contributed by atoms with Gasteiger partial charge in [-0.05, 0) is 35.4 Å². The molecule has 0 amide bonds. The summed E-state index contributed by atoms with van der Waals surface area (Å²) in [5.41, 5.74) is 5.32. The first-order valence-corrected chi connectivity index (χ1v) is 9.48. The van der Waals surface area contributed by atoms with Crippen molar-refractivity contribution >= 4 is 11.6 Å². The molecule has 0 saturated heterocycles. The summed E-state index contributed by atoms with van der Waals surface area (Å²) in [5, 5.41) is 0.743. The van der Waals surface area contributed by atoms with Crippen molar-refractivity contribution in [2.24, 2.45) is 0 Å². The van der Waals surface area contributed by atoms with Crippen LogP contribution in [0.5, 0.6) is 0 Å². The topological polar surface area (TPSA) is 4.44 Å². The van der Waals surface area contributed by atoms with Gasteiger partial charge < -0.3 is 4.90 Å². The predicted molar refractivity (Wildman–Crippen MR) is 104 cm³/mol. The molecule has 1 atom stereocenters. The minimum Gasteiger partial charge on any atom is -0.327 e. The molecule has 0 aromatic heterocycles. The van der Waals surface area contributed by atoms with Crippen molar-refractivity contribution in [3.8, 4) is 0 Å². The van der Waals surface area contributed by atoms with Gasteiger partial charge in [-0.15, -0.1) is 0 Å². The molecular weight excluding hydrogens is 345 g/mol. The Labute approximate surface area is 159 Å². The number of rotatable bonds is 5. The highest BCUT2D eigenvalue weighted by Crippen LogP contribution is 2.29. The van der Waals surface area contributed by atoms with E-state index in [1.54, 1.807) is 17.0 Å². The van der Waals surface area contributed by atoms with Gasteiger partial charge in [-0.25, -0.2) is 4.39 Å². The maximum absolute atomic E-state index is 13.4. The molecule has 3 aromatic rings. The summed E-state index contributed by atoms with van der Waals surface area (Å²) in [7, 11) is 0. The summed E-state index contributed by atoms with van der Waals surface area (Å²) in [5.74, 6) is 0.0632. The average Bonchev–Trinajstić information content (AvgIpc) is 3.07. The van der Waals surface area contributed by atoms with E-state index in [1.807, 2.05) is 24.3 Å². The third-order valence-electron chi connectivity index (χ3n) is 5.33. The van der Waals surface area contributed by atoms with Crippen molar-refractivity contribution < 1.29 is 9.29 Å². The lowest BCUT2D eigenvalue weighted by molar-refractivity contribution is -0.920. The summed E-state index contributed by atoms with van der Waals surface area (Å²) in [4.78, 5) is 1.59. The number of benzene rings is 3. The fourth-order valence-corrected chi connectivity index (χ4v) is 4.07. The van der Waals surface area contributed by atoms with Gasteiger partial charge in [0.05, 0.1) is 6.54 Å². The van der Waals surface area contributed by atoms with Crippen molar-refractivity contribution in [2.75, 3.05) is 6.54 Å². The summed E-state index contributed by atoms with van der Waals surface area (Å²) < 4.78 is 13.4. The lowest BCUT2D eigenvalue weighted by atomic mass is 9.88. The molecule has 26 heavy (non-hydrogen) atoms. The lowest BCUT2D eigenvalue weighted by Crippen LogP contribution is -3.07. The summed E-state index contributed by atoms with van der Waals surface area (Å²) >= 11 is 6.06. The number of hydrogen-bond donors (Lipinski definition) is 1. The van der Waals surface area contributed by atoms with Crippen LogP contribution in [0.25, 0.3) is 0 Å². The Kier molecular flexibility index (Phi) is 5.05. The third-order valence-corrected chi connectivity index (χ3v) is 5.58. The summed E-state index contributed by atoms with van der Waals surface area (Å²) in [6.07, 6.45) is 1.02. The van der Waals surface area contributed by atoms with Crippen LogP contribution in [-0.2, 0) is 13.1 Å². The van der Waals surface area contributed by atoms with Crippen LogP contribution in [0.15, 0.2) is 72.8 Å². The third kappa shape index (κ3) is 3.82. The Morgan fingerprint density at radius 3 is 1.92 bits per heavy atom. The second-order valence-corrected chi connectivity index (χ2v) is 7.50. The number of halogens is 2. The van der Waals surface area contributed by atoms with Crippen molar-refractivity contribution in [1.29, 1.82) is 0 Å². The van der Waals surface area contributed by atoms with Crippen LogP contribution in [0, 0.1) is 5.82 Å². The molecule has 0 bridgehead atoms. The van der Waals surface area contributed by atoms with Crippen LogP contribution in [0.2, 0.25) is 5.02 Å². The van der Waals surface area contributed by atoms with Gasteiger partial charge in [-0.1, -0.05) is 60.1 Å². The van der Waals surface area contributed by atoms with E-state index in [0.717, 1.165) is 36.6 Å². The molecule has 1 nitrogen and oxygen atoms in total. The SMILES string of the molecule is Fc1ccc([C@@H](CC[NH+]2Cc3ccccc3C2)c2ccc(Cl)cc2)cc1. The highest BCUT2D eigenvalue weighted by molar-refractivity contribution is 6.30. The summed E-state index contributed by atoms with van der Waals surface area (Å²) in [6.45, 7) is 3.26. The fourth-order valence-electron chi connectivity index (χ4n) is 3.94. The fraction of sp³-hybridized carbons (Fsp3) is 0.217. The predicted octanol–water partition coefficient (Wildman–Crippen LogP) is 4.60. The van der Waals surface area contributed by atoms with Gasteiger partial charge >= 0.3 is 0 Å². The van der Waals surface area contributed by atoms with Crippen molar-refractivity contribution in [2.45, 2.75) is 25.4 Å². The molecular formula is C23H22ClFN+. The summed E-state index contributed by atoms with van der Waals surface area (Å²) in [6, 6.07) is 23.7. The number of fused-ring (bicyclic) bond motifs is 1. The van der Waals surface area contributed by atoms with Crippen LogP contribution in [-0.4, -0.2) is 6.54 Å². The quantitative estimate of drug-likeness (QED) is 0.673. The van der Waals surface area contributed by atoms with E-state index in [9.17, 15) is 4.39 Å². The molecule has 132 valence electrons. The molecule has 0 aliphatic carbocycles. The molecule has 0 radical (unpaired) electrons. The van der Waals surface area contributed by atoms with Gasteiger partial charge in [-0.2, -0.15) is 0 Å². The number of nitrogens with one attached hydrogen (secondary N) is 1. The highest BCUT2D eigenvalue weighted by Gasteiger charge is 2.24. The van der Waals surface area contributed by atoms with Crippen LogP contribution >= 0.6 is 11.6 Å². The Balaban J connectivity index is 1.52. The molecule has 1 heterocycles. The molecule has 4 rings (SSSR count). The Bertz CT molecular complexity index is 803. The maximum Gasteiger partial charge on any atom is 0.123 e. The lowest BCUT2D eigenvalue weighted by Gasteiger charge is -2.20. The molecule has 3 aromatic carbocycles. The zero-order chi connectivity index (χ0) is 17.9. The molecule has 0 fully saturated rings. The number of hydrogen-bond acceptors (Lipinski definition) is 0. The smallest absolute Gasteiger partial charge is 0.123 e. The Morgan fingerprint density at radius 1 is 0.808 bits per heavy atom. The van der Waals surface area contributed by atoms with Crippen LogP contribution in [0.3, 0.4) is 0 Å². The molecule has 0 spiro atoms. The van der Waals surface area contributed by atoms with Gasteiger partial charge in [-0.3, -0.25) is 0 Å². The van der Waals surface area contributed by atoms with Gasteiger partial charge in [0, 0.05) is 28.5 Å². The highest BCUT2D eigenvalue weighted by atomic mass is 35.5. The van der Waals surface area contributed by atoms with Crippen LogP contribution in [0.1, 0.15) is 34.6 Å². The monoisotopic (exact) mass is 366 g/mol. The van der Waals surface area contributed by atoms with Crippen molar-refractivity contribution in [1.82, 2.24) is 0 Å². The van der Waals surface area contributed by atoms with E-state index in [4.69, 9.17) is 11.6 Å². The minimum absolute atomic E-state index is 0.191. The first-order valence-electron chi connectivity index (χ1n) is 9.10. The molecule has 1 aliphatic heterocycles. The van der Waals surface area contributed by atoms with E-state index in [1.165, 1.54) is 16.7 Å². The van der Waals surface area contributed by atoms with Crippen molar-refractivity contribution in [3.63, 3.8) is 0 Å². The number of quaternary nitrogens is 1. The molecule has 1 N–H and O–H groups in total. The zero-order valence-electron chi connectivity index (χ0n) is 14.6. The molecule has 1 aliphatic rings. The van der Waals surface area contributed by atoms with Gasteiger partial charge in [0.2, 0.25) is 0 Å². The normalized spacial score (nSPS) is 15.0. The van der Waals surface area contributed by atoms with Gasteiger partial charge in [0.1, 0.15) is 18.9 Å². The molecule has 0 unspecified atom stereocenters. The van der Waals surface area contributed by atoms with Crippen LogP contribution in [0.4, 0.5) is 4.39 Å². The molecule has 0 saturated carbocycles. The second kappa shape index (κ2) is 7.61. The Hall–Kier alpha value is -2.16. The van der Waals surface area contributed by atoms with Gasteiger partial charge in [0.15, 0.2) is 0 Å². The average molecular weight is 367 g/mol. The first kappa shape index (κ1) is 17.3.